The molecule has 2 heterocycles. The standard InChI is InChI=1S/C11H9ClN2/c1-8-4-9(7-13-6-8)11-5-10(12)2-3-14-11/h2-7H,1H3. The highest BCUT2D eigenvalue weighted by molar-refractivity contribution is 6.30. The molecule has 0 aromatic carbocycles. The first-order valence-corrected chi connectivity index (χ1v) is 4.67. The van der Waals surface area contributed by atoms with Crippen LogP contribution in [0.3, 0.4) is 0 Å². The van der Waals surface area contributed by atoms with Crippen molar-refractivity contribution in [2.75, 3.05) is 0 Å². The Morgan fingerprint density at radius 1 is 1.21 bits per heavy atom. The molecule has 0 aliphatic heterocycles. The summed E-state index contributed by atoms with van der Waals surface area (Å²) in [6, 6.07) is 5.62. The molecule has 0 aliphatic rings. The summed E-state index contributed by atoms with van der Waals surface area (Å²) < 4.78 is 0. The van der Waals surface area contributed by atoms with Crippen molar-refractivity contribution in [1.82, 2.24) is 9.97 Å². The number of rotatable bonds is 1. The SMILES string of the molecule is Cc1cncc(-c2cc(Cl)ccn2)c1. The van der Waals surface area contributed by atoms with Gasteiger partial charge in [-0.15, -0.1) is 0 Å². The zero-order chi connectivity index (χ0) is 9.97. The van der Waals surface area contributed by atoms with Crippen LogP contribution in [0.5, 0.6) is 0 Å². The molecule has 0 radical (unpaired) electrons. The second-order valence-corrected chi connectivity index (χ2v) is 3.55. The van der Waals surface area contributed by atoms with Crippen LogP contribution >= 0.6 is 11.6 Å². The van der Waals surface area contributed by atoms with Crippen molar-refractivity contribution in [3.63, 3.8) is 0 Å². The lowest BCUT2D eigenvalue weighted by atomic mass is 10.1. The van der Waals surface area contributed by atoms with E-state index in [9.17, 15) is 0 Å². The number of aryl methyl sites for hydroxylation is 1. The van der Waals surface area contributed by atoms with Gasteiger partial charge in [-0.3, -0.25) is 9.97 Å². The summed E-state index contributed by atoms with van der Waals surface area (Å²) >= 11 is 5.87. The predicted molar refractivity (Wildman–Crippen MR) is 57.2 cm³/mol. The highest BCUT2D eigenvalue weighted by Gasteiger charge is 1.99. The average molecular weight is 205 g/mol. The molecule has 0 fully saturated rings. The molecule has 2 aromatic rings. The molecule has 0 saturated heterocycles. The van der Waals surface area contributed by atoms with E-state index >= 15 is 0 Å². The molecular weight excluding hydrogens is 196 g/mol. The highest BCUT2D eigenvalue weighted by Crippen LogP contribution is 2.19. The Morgan fingerprint density at radius 3 is 2.79 bits per heavy atom. The molecule has 14 heavy (non-hydrogen) atoms. The lowest BCUT2D eigenvalue weighted by molar-refractivity contribution is 1.24. The number of hydrogen-bond acceptors (Lipinski definition) is 2. The molecule has 0 aliphatic carbocycles. The van der Waals surface area contributed by atoms with E-state index in [1.165, 1.54) is 0 Å². The van der Waals surface area contributed by atoms with Gasteiger partial charge in [0.05, 0.1) is 5.69 Å². The fraction of sp³-hybridized carbons (Fsp3) is 0.0909. The van der Waals surface area contributed by atoms with Gasteiger partial charge in [-0.2, -0.15) is 0 Å². The van der Waals surface area contributed by atoms with Crippen LogP contribution in [0.2, 0.25) is 5.02 Å². The molecule has 0 bridgehead atoms. The number of hydrogen-bond donors (Lipinski definition) is 0. The van der Waals surface area contributed by atoms with Gasteiger partial charge in [-0.25, -0.2) is 0 Å². The largest absolute Gasteiger partial charge is 0.264 e. The van der Waals surface area contributed by atoms with E-state index < -0.39 is 0 Å². The zero-order valence-electron chi connectivity index (χ0n) is 7.74. The molecule has 3 heteroatoms. The van der Waals surface area contributed by atoms with Crippen LogP contribution in [-0.4, -0.2) is 9.97 Å². The van der Waals surface area contributed by atoms with Crippen molar-refractivity contribution < 1.29 is 0 Å². The molecular formula is C11H9ClN2. The van der Waals surface area contributed by atoms with Crippen LogP contribution in [0.1, 0.15) is 5.56 Å². The minimum absolute atomic E-state index is 0.691. The second kappa shape index (κ2) is 3.76. The predicted octanol–water partition coefficient (Wildman–Crippen LogP) is 3.11. The van der Waals surface area contributed by atoms with Gasteiger partial charge < -0.3 is 0 Å². The minimum atomic E-state index is 0.691. The Kier molecular flexibility index (Phi) is 2.46. The van der Waals surface area contributed by atoms with Gasteiger partial charge in [0.25, 0.3) is 0 Å². The van der Waals surface area contributed by atoms with E-state index in [2.05, 4.69) is 9.97 Å². The van der Waals surface area contributed by atoms with Crippen molar-refractivity contribution in [3.05, 3.63) is 47.4 Å². The maximum Gasteiger partial charge on any atom is 0.0732 e. The number of nitrogens with zero attached hydrogens (tertiary/aromatic N) is 2. The molecule has 70 valence electrons. The summed E-state index contributed by atoms with van der Waals surface area (Å²) in [4.78, 5) is 8.33. The van der Waals surface area contributed by atoms with Crippen molar-refractivity contribution >= 4 is 11.6 Å². The normalized spacial score (nSPS) is 10.1. The van der Waals surface area contributed by atoms with Gasteiger partial charge in [0, 0.05) is 29.2 Å². The van der Waals surface area contributed by atoms with Gasteiger partial charge in [0.15, 0.2) is 0 Å². The third-order valence-corrected chi connectivity index (χ3v) is 2.13. The van der Waals surface area contributed by atoms with Crippen molar-refractivity contribution in [2.45, 2.75) is 6.92 Å². The summed E-state index contributed by atoms with van der Waals surface area (Å²) in [7, 11) is 0. The lowest BCUT2D eigenvalue weighted by Crippen LogP contribution is -1.85. The Balaban J connectivity index is 2.49. The van der Waals surface area contributed by atoms with E-state index in [0.29, 0.717) is 5.02 Å². The molecule has 2 aromatic heterocycles. The van der Waals surface area contributed by atoms with Crippen LogP contribution in [0, 0.1) is 6.92 Å². The fourth-order valence-electron chi connectivity index (χ4n) is 1.26. The number of aromatic nitrogens is 2. The quantitative estimate of drug-likeness (QED) is 0.714. The first-order valence-electron chi connectivity index (χ1n) is 4.29. The van der Waals surface area contributed by atoms with Gasteiger partial charge >= 0.3 is 0 Å². The van der Waals surface area contributed by atoms with Crippen LogP contribution in [0.25, 0.3) is 11.3 Å². The molecule has 2 rings (SSSR count). The third kappa shape index (κ3) is 1.91. The van der Waals surface area contributed by atoms with Gasteiger partial charge in [-0.1, -0.05) is 11.6 Å². The number of pyridine rings is 2. The van der Waals surface area contributed by atoms with E-state index in [1.807, 2.05) is 25.3 Å². The van der Waals surface area contributed by atoms with Crippen molar-refractivity contribution in [1.29, 1.82) is 0 Å². The summed E-state index contributed by atoms with van der Waals surface area (Å²) in [5, 5.41) is 0.691. The van der Waals surface area contributed by atoms with Crippen molar-refractivity contribution in [2.24, 2.45) is 0 Å². The third-order valence-electron chi connectivity index (χ3n) is 1.89. The first-order chi connectivity index (χ1) is 6.75. The van der Waals surface area contributed by atoms with Gasteiger partial charge in [0.2, 0.25) is 0 Å². The fourth-order valence-corrected chi connectivity index (χ4v) is 1.42. The molecule has 0 amide bonds. The molecule has 0 spiro atoms. The highest BCUT2D eigenvalue weighted by atomic mass is 35.5. The molecule has 0 saturated carbocycles. The van der Waals surface area contributed by atoms with E-state index in [1.54, 1.807) is 18.5 Å². The summed E-state index contributed by atoms with van der Waals surface area (Å²) in [6.07, 6.45) is 5.29. The molecule has 2 nitrogen and oxygen atoms in total. The summed E-state index contributed by atoms with van der Waals surface area (Å²) in [6.45, 7) is 2.00. The van der Waals surface area contributed by atoms with E-state index in [-0.39, 0.29) is 0 Å². The Bertz CT molecular complexity index is 411. The summed E-state index contributed by atoms with van der Waals surface area (Å²) in [5.74, 6) is 0. The topological polar surface area (TPSA) is 25.8 Å². The maximum atomic E-state index is 5.87. The van der Waals surface area contributed by atoms with Crippen molar-refractivity contribution in [3.8, 4) is 11.3 Å². The Hall–Kier alpha value is -1.41. The van der Waals surface area contributed by atoms with Crippen LogP contribution in [-0.2, 0) is 0 Å². The van der Waals surface area contributed by atoms with Crippen LogP contribution in [0.4, 0.5) is 0 Å². The Morgan fingerprint density at radius 2 is 2.07 bits per heavy atom. The van der Waals surface area contributed by atoms with Crippen LogP contribution < -0.4 is 0 Å². The molecule has 0 N–H and O–H groups in total. The van der Waals surface area contributed by atoms with Gasteiger partial charge in [-0.05, 0) is 30.7 Å². The molecule has 0 unspecified atom stereocenters. The molecule has 0 atom stereocenters. The van der Waals surface area contributed by atoms with Crippen LogP contribution in [0.15, 0.2) is 36.8 Å². The second-order valence-electron chi connectivity index (χ2n) is 3.11. The van der Waals surface area contributed by atoms with E-state index in [4.69, 9.17) is 11.6 Å². The average Bonchev–Trinajstić information content (AvgIpc) is 2.18. The smallest absolute Gasteiger partial charge is 0.0732 e. The monoisotopic (exact) mass is 204 g/mol. The van der Waals surface area contributed by atoms with E-state index in [0.717, 1.165) is 16.8 Å². The van der Waals surface area contributed by atoms with Gasteiger partial charge in [0.1, 0.15) is 0 Å². The number of halogens is 1. The maximum absolute atomic E-state index is 5.87. The lowest BCUT2D eigenvalue weighted by Gasteiger charge is -2.01. The zero-order valence-corrected chi connectivity index (χ0v) is 8.49. The summed E-state index contributed by atoms with van der Waals surface area (Å²) in [5.41, 5.74) is 2.96. The first kappa shape index (κ1) is 9.16. The Labute approximate surface area is 87.6 Å². The minimum Gasteiger partial charge on any atom is -0.264 e.